The van der Waals surface area contributed by atoms with Gasteiger partial charge in [0.2, 0.25) is 0 Å². The first-order valence-corrected chi connectivity index (χ1v) is 11.5. The van der Waals surface area contributed by atoms with Gasteiger partial charge in [0, 0.05) is 14.7 Å². The molecule has 0 bridgehead atoms. The SMILES string of the molecule is Cc1nc2c(c(C)nn2COCC[Si](C)(C)C)c(Br)c1F. The average Bonchev–Trinajstić information content (AvgIpc) is 2.67. The fourth-order valence-corrected chi connectivity index (χ4v) is 3.54. The van der Waals surface area contributed by atoms with Crippen LogP contribution in [0.25, 0.3) is 11.0 Å². The summed E-state index contributed by atoms with van der Waals surface area (Å²) in [6.45, 7) is 11.5. The van der Waals surface area contributed by atoms with Gasteiger partial charge in [-0.2, -0.15) is 5.10 Å². The Morgan fingerprint density at radius 2 is 1.90 bits per heavy atom. The molecule has 0 atom stereocenters. The third-order valence-electron chi connectivity index (χ3n) is 3.31. The van der Waals surface area contributed by atoms with Crippen molar-refractivity contribution < 1.29 is 9.13 Å². The topological polar surface area (TPSA) is 39.9 Å². The number of halogens is 2. The van der Waals surface area contributed by atoms with Crippen LogP contribution >= 0.6 is 15.9 Å². The van der Waals surface area contributed by atoms with E-state index in [0.29, 0.717) is 27.9 Å². The second kappa shape index (κ2) is 6.14. The summed E-state index contributed by atoms with van der Waals surface area (Å²) >= 11 is 3.30. The number of hydrogen-bond donors (Lipinski definition) is 0. The maximum atomic E-state index is 13.9. The summed E-state index contributed by atoms with van der Waals surface area (Å²) in [5, 5.41) is 5.13. The molecule has 2 aromatic heterocycles. The van der Waals surface area contributed by atoms with Crippen LogP contribution in [0.5, 0.6) is 0 Å². The molecule has 2 heterocycles. The summed E-state index contributed by atoms with van der Waals surface area (Å²) in [6.07, 6.45) is 0. The number of ether oxygens (including phenoxy) is 1. The Morgan fingerprint density at radius 1 is 1.24 bits per heavy atom. The summed E-state index contributed by atoms with van der Waals surface area (Å²) < 4.78 is 21.8. The van der Waals surface area contributed by atoms with Gasteiger partial charge in [-0.3, -0.25) is 0 Å². The molecule has 0 saturated carbocycles. The summed E-state index contributed by atoms with van der Waals surface area (Å²) in [4.78, 5) is 4.31. The number of rotatable bonds is 5. The molecule has 0 amide bonds. The van der Waals surface area contributed by atoms with Crippen molar-refractivity contribution >= 4 is 35.0 Å². The molecular formula is C14H21BrFN3OSi. The zero-order valence-corrected chi connectivity index (χ0v) is 15.7. The first-order chi connectivity index (χ1) is 9.70. The van der Waals surface area contributed by atoms with E-state index in [1.165, 1.54) is 0 Å². The van der Waals surface area contributed by atoms with Crippen LogP contribution in [0.3, 0.4) is 0 Å². The summed E-state index contributed by atoms with van der Waals surface area (Å²) in [6, 6.07) is 1.11. The molecule has 0 spiro atoms. The van der Waals surface area contributed by atoms with Gasteiger partial charge in [-0.15, -0.1) is 0 Å². The second-order valence-electron chi connectivity index (χ2n) is 6.46. The quantitative estimate of drug-likeness (QED) is 0.580. The zero-order chi connectivity index (χ0) is 15.8. The van der Waals surface area contributed by atoms with Crippen LogP contribution in [0.2, 0.25) is 25.7 Å². The molecule has 0 saturated heterocycles. The monoisotopic (exact) mass is 373 g/mol. The number of nitrogens with zero attached hydrogens (tertiary/aromatic N) is 3. The maximum absolute atomic E-state index is 13.9. The standard InChI is InChI=1S/C14H21BrFN3OSi/c1-9-11-12(15)13(16)10(2)17-14(11)19(18-9)8-20-6-7-21(3,4)5/h6-8H2,1-5H3. The number of hydrogen-bond acceptors (Lipinski definition) is 3. The third-order valence-corrected chi connectivity index (χ3v) is 5.76. The van der Waals surface area contributed by atoms with E-state index in [1.54, 1.807) is 11.6 Å². The normalized spacial score (nSPS) is 12.3. The number of fused-ring (bicyclic) bond motifs is 1. The predicted molar refractivity (Wildman–Crippen MR) is 88.8 cm³/mol. The van der Waals surface area contributed by atoms with E-state index in [9.17, 15) is 4.39 Å². The van der Waals surface area contributed by atoms with Crippen LogP contribution in [-0.4, -0.2) is 29.4 Å². The van der Waals surface area contributed by atoms with Gasteiger partial charge >= 0.3 is 0 Å². The van der Waals surface area contributed by atoms with Crippen LogP contribution < -0.4 is 0 Å². The second-order valence-corrected chi connectivity index (χ2v) is 12.9. The van der Waals surface area contributed by atoms with Crippen LogP contribution in [0.15, 0.2) is 4.47 Å². The lowest BCUT2D eigenvalue weighted by atomic mass is 10.2. The van der Waals surface area contributed by atoms with Crippen molar-refractivity contribution in [3.05, 3.63) is 21.7 Å². The molecule has 4 nitrogen and oxygen atoms in total. The average molecular weight is 374 g/mol. The van der Waals surface area contributed by atoms with E-state index in [4.69, 9.17) is 4.74 Å². The van der Waals surface area contributed by atoms with Crippen molar-refractivity contribution in [1.82, 2.24) is 14.8 Å². The highest BCUT2D eigenvalue weighted by molar-refractivity contribution is 9.10. The number of aryl methyl sites for hydroxylation is 2. The molecule has 0 N–H and O–H groups in total. The Kier molecular flexibility index (Phi) is 4.84. The van der Waals surface area contributed by atoms with E-state index in [0.717, 1.165) is 18.3 Å². The summed E-state index contributed by atoms with van der Waals surface area (Å²) in [5.74, 6) is -0.329. The van der Waals surface area contributed by atoms with Gasteiger partial charge in [0.1, 0.15) is 6.73 Å². The van der Waals surface area contributed by atoms with Crippen molar-refractivity contribution in [2.24, 2.45) is 0 Å². The molecule has 0 unspecified atom stereocenters. The number of aromatic nitrogens is 3. The van der Waals surface area contributed by atoms with Gasteiger partial charge in [0.15, 0.2) is 11.5 Å². The highest BCUT2D eigenvalue weighted by atomic mass is 79.9. The summed E-state index contributed by atoms with van der Waals surface area (Å²) in [7, 11) is -1.10. The molecule has 2 rings (SSSR count). The number of pyridine rings is 1. The van der Waals surface area contributed by atoms with Crippen molar-refractivity contribution in [3.63, 3.8) is 0 Å². The third kappa shape index (κ3) is 3.70. The van der Waals surface area contributed by atoms with Crippen molar-refractivity contribution in [2.45, 2.75) is 46.3 Å². The van der Waals surface area contributed by atoms with E-state index in [-0.39, 0.29) is 5.82 Å². The van der Waals surface area contributed by atoms with E-state index in [2.05, 4.69) is 45.7 Å². The predicted octanol–water partition coefficient (Wildman–Crippen LogP) is 4.26. The van der Waals surface area contributed by atoms with Crippen molar-refractivity contribution in [3.8, 4) is 0 Å². The van der Waals surface area contributed by atoms with Crippen LogP contribution in [0, 0.1) is 19.7 Å². The van der Waals surface area contributed by atoms with E-state index in [1.807, 2.05) is 6.92 Å². The van der Waals surface area contributed by atoms with Gasteiger partial charge in [-0.1, -0.05) is 19.6 Å². The Bertz CT molecular complexity index is 667. The highest BCUT2D eigenvalue weighted by Gasteiger charge is 2.18. The molecule has 116 valence electrons. The van der Waals surface area contributed by atoms with Crippen molar-refractivity contribution in [2.75, 3.05) is 6.61 Å². The van der Waals surface area contributed by atoms with Gasteiger partial charge in [-0.05, 0) is 35.8 Å². The fraction of sp³-hybridized carbons (Fsp3) is 0.571. The molecule has 0 radical (unpaired) electrons. The van der Waals surface area contributed by atoms with E-state index >= 15 is 0 Å². The minimum absolute atomic E-state index is 0.329. The highest BCUT2D eigenvalue weighted by Crippen LogP contribution is 2.29. The van der Waals surface area contributed by atoms with Crippen molar-refractivity contribution in [1.29, 1.82) is 0 Å². The van der Waals surface area contributed by atoms with Gasteiger partial charge in [0.25, 0.3) is 0 Å². The molecule has 0 aromatic carbocycles. The maximum Gasteiger partial charge on any atom is 0.162 e. The first kappa shape index (κ1) is 16.6. The summed E-state index contributed by atoms with van der Waals surface area (Å²) in [5.41, 5.74) is 1.76. The Labute approximate surface area is 133 Å². The molecule has 7 heteroatoms. The Morgan fingerprint density at radius 3 is 2.52 bits per heavy atom. The largest absolute Gasteiger partial charge is 0.359 e. The molecule has 0 aliphatic rings. The minimum atomic E-state index is -1.10. The van der Waals surface area contributed by atoms with Crippen LogP contribution in [0.4, 0.5) is 4.39 Å². The molecule has 0 fully saturated rings. The zero-order valence-electron chi connectivity index (χ0n) is 13.1. The van der Waals surface area contributed by atoms with E-state index < -0.39 is 8.07 Å². The first-order valence-electron chi connectivity index (χ1n) is 6.97. The smallest absolute Gasteiger partial charge is 0.162 e. The Hall–Kier alpha value is -0.793. The lowest BCUT2D eigenvalue weighted by molar-refractivity contribution is 0.0810. The van der Waals surface area contributed by atoms with Crippen LogP contribution in [-0.2, 0) is 11.5 Å². The Balaban J connectivity index is 2.22. The lowest BCUT2D eigenvalue weighted by Gasteiger charge is -2.15. The fourth-order valence-electron chi connectivity index (χ4n) is 2.04. The van der Waals surface area contributed by atoms with Gasteiger partial charge in [-0.25, -0.2) is 14.1 Å². The molecular weight excluding hydrogens is 353 g/mol. The lowest BCUT2D eigenvalue weighted by Crippen LogP contribution is -2.22. The van der Waals surface area contributed by atoms with Gasteiger partial charge < -0.3 is 4.74 Å². The van der Waals surface area contributed by atoms with Crippen LogP contribution in [0.1, 0.15) is 11.4 Å². The van der Waals surface area contributed by atoms with Gasteiger partial charge in [0.05, 0.1) is 21.2 Å². The minimum Gasteiger partial charge on any atom is -0.359 e. The molecule has 21 heavy (non-hydrogen) atoms. The molecule has 0 aliphatic carbocycles. The molecule has 2 aromatic rings. The molecule has 0 aliphatic heterocycles.